The van der Waals surface area contributed by atoms with Crippen molar-refractivity contribution in [1.82, 2.24) is 24.8 Å². The lowest BCUT2D eigenvalue weighted by Crippen LogP contribution is -2.55. The summed E-state index contributed by atoms with van der Waals surface area (Å²) in [6, 6.07) is -0.125. The lowest BCUT2D eigenvalue weighted by molar-refractivity contribution is 0.107. The third kappa shape index (κ3) is 4.16. The van der Waals surface area contributed by atoms with Gasteiger partial charge in [-0.05, 0) is 37.5 Å². The molecule has 0 aliphatic carbocycles. The van der Waals surface area contributed by atoms with Crippen LogP contribution in [0, 0.1) is 17.7 Å². The number of amides is 1. The van der Waals surface area contributed by atoms with Crippen molar-refractivity contribution in [3.63, 3.8) is 0 Å². The molecule has 0 spiro atoms. The van der Waals surface area contributed by atoms with Crippen LogP contribution in [0.25, 0.3) is 10.9 Å². The number of hydrogen-bond donors (Lipinski definition) is 1. The number of rotatable bonds is 6. The molecule has 1 N–H and O–H groups in total. The zero-order chi connectivity index (χ0) is 25.9. The summed E-state index contributed by atoms with van der Waals surface area (Å²) in [5.74, 6) is 1.13. The number of piperazine rings is 1. The SMILES string of the molecule is CCC1CN2CC(CC)CC2(COc2nc(N3C[C@H]4CC[C@@H](C3)N4C(=O)O)c3cnc(Cl)c(F)c3n2)C1. The molecule has 4 atom stereocenters. The van der Waals surface area contributed by atoms with Crippen molar-refractivity contribution in [2.45, 2.75) is 70.0 Å². The third-order valence-electron chi connectivity index (χ3n) is 9.19. The summed E-state index contributed by atoms with van der Waals surface area (Å²) in [6.07, 6.45) is 6.67. The molecule has 2 aromatic heterocycles. The van der Waals surface area contributed by atoms with Crippen LogP contribution in [0.1, 0.15) is 52.4 Å². The molecule has 9 nitrogen and oxygen atoms in total. The van der Waals surface area contributed by atoms with Crippen molar-refractivity contribution in [1.29, 1.82) is 0 Å². The second-order valence-corrected chi connectivity index (χ2v) is 11.7. The fraction of sp³-hybridized carbons (Fsp3) is 0.692. The lowest BCUT2D eigenvalue weighted by Gasteiger charge is -2.40. The Morgan fingerprint density at radius 1 is 1.14 bits per heavy atom. The molecule has 0 aromatic carbocycles. The van der Waals surface area contributed by atoms with Crippen LogP contribution in [-0.2, 0) is 0 Å². The van der Waals surface area contributed by atoms with E-state index < -0.39 is 11.9 Å². The topological polar surface area (TPSA) is 94.9 Å². The smallest absolute Gasteiger partial charge is 0.407 e. The Morgan fingerprint density at radius 3 is 2.38 bits per heavy atom. The van der Waals surface area contributed by atoms with Crippen molar-refractivity contribution in [3.05, 3.63) is 17.2 Å². The second-order valence-electron chi connectivity index (χ2n) is 11.3. The van der Waals surface area contributed by atoms with Crippen molar-refractivity contribution in [3.8, 4) is 6.01 Å². The molecule has 37 heavy (non-hydrogen) atoms. The van der Waals surface area contributed by atoms with Gasteiger partial charge in [-0.3, -0.25) is 9.80 Å². The Morgan fingerprint density at radius 2 is 1.78 bits per heavy atom. The zero-order valence-corrected chi connectivity index (χ0v) is 22.1. The maximum absolute atomic E-state index is 15.2. The van der Waals surface area contributed by atoms with Gasteiger partial charge in [-0.15, -0.1) is 0 Å². The Balaban J connectivity index is 1.32. The molecule has 4 fully saturated rings. The van der Waals surface area contributed by atoms with E-state index in [1.807, 2.05) is 4.90 Å². The maximum atomic E-state index is 15.2. The number of hydrogen-bond acceptors (Lipinski definition) is 7. The average Bonchev–Trinajstić information content (AvgIpc) is 3.50. The van der Waals surface area contributed by atoms with Gasteiger partial charge in [0, 0.05) is 32.4 Å². The first kappa shape index (κ1) is 24.9. The number of pyridine rings is 1. The van der Waals surface area contributed by atoms with E-state index in [4.69, 9.17) is 21.3 Å². The highest BCUT2D eigenvalue weighted by atomic mass is 35.5. The van der Waals surface area contributed by atoms with Crippen LogP contribution in [0.2, 0.25) is 5.15 Å². The Hall–Kier alpha value is -2.46. The maximum Gasteiger partial charge on any atom is 0.407 e. The molecule has 4 aliphatic heterocycles. The van der Waals surface area contributed by atoms with Crippen LogP contribution in [0.15, 0.2) is 6.20 Å². The van der Waals surface area contributed by atoms with Gasteiger partial charge in [-0.25, -0.2) is 14.2 Å². The predicted molar refractivity (Wildman–Crippen MR) is 138 cm³/mol. The van der Waals surface area contributed by atoms with E-state index in [1.54, 1.807) is 4.90 Å². The molecule has 11 heteroatoms. The van der Waals surface area contributed by atoms with Gasteiger partial charge < -0.3 is 14.7 Å². The summed E-state index contributed by atoms with van der Waals surface area (Å²) < 4.78 is 21.5. The normalized spacial score (nSPS) is 31.4. The number of carbonyl (C=O) groups is 1. The number of halogens is 2. The van der Waals surface area contributed by atoms with Gasteiger partial charge in [0.2, 0.25) is 0 Å². The number of anilines is 1. The fourth-order valence-corrected chi connectivity index (χ4v) is 7.42. The molecule has 1 amide bonds. The fourth-order valence-electron chi connectivity index (χ4n) is 7.28. The van der Waals surface area contributed by atoms with Gasteiger partial charge in [-0.1, -0.05) is 38.3 Å². The van der Waals surface area contributed by atoms with Gasteiger partial charge >= 0.3 is 12.1 Å². The molecule has 2 aromatic rings. The molecular formula is C26H34ClFN6O3. The van der Waals surface area contributed by atoms with E-state index in [-0.39, 0.29) is 34.3 Å². The first-order valence-corrected chi connectivity index (χ1v) is 13.9. The number of fused-ring (bicyclic) bond motifs is 4. The van der Waals surface area contributed by atoms with Gasteiger partial charge in [-0.2, -0.15) is 9.97 Å². The highest BCUT2D eigenvalue weighted by Gasteiger charge is 2.51. The van der Waals surface area contributed by atoms with Gasteiger partial charge in [0.1, 0.15) is 17.9 Å². The minimum Gasteiger partial charge on any atom is -0.465 e. The predicted octanol–water partition coefficient (Wildman–Crippen LogP) is 4.43. The molecule has 200 valence electrons. The summed E-state index contributed by atoms with van der Waals surface area (Å²) in [5.41, 5.74) is 0.0404. The van der Waals surface area contributed by atoms with Gasteiger partial charge in [0.15, 0.2) is 11.0 Å². The van der Waals surface area contributed by atoms with E-state index >= 15 is 4.39 Å². The Kier molecular flexibility index (Phi) is 6.30. The van der Waals surface area contributed by atoms with Crippen molar-refractivity contribution in [2.24, 2.45) is 11.8 Å². The van der Waals surface area contributed by atoms with Crippen LogP contribution >= 0.6 is 11.6 Å². The molecule has 6 heterocycles. The van der Waals surface area contributed by atoms with Crippen molar-refractivity contribution < 1.29 is 19.0 Å². The summed E-state index contributed by atoms with van der Waals surface area (Å²) >= 11 is 6.03. The molecule has 0 saturated carbocycles. The second kappa shape index (κ2) is 9.38. The molecule has 2 unspecified atom stereocenters. The molecule has 6 rings (SSSR count). The first-order valence-electron chi connectivity index (χ1n) is 13.5. The Bertz CT molecular complexity index is 1190. The van der Waals surface area contributed by atoms with Crippen molar-refractivity contribution >= 4 is 34.4 Å². The minimum absolute atomic E-state index is 0.0412. The van der Waals surface area contributed by atoms with E-state index in [1.165, 1.54) is 6.20 Å². The van der Waals surface area contributed by atoms with E-state index in [2.05, 4.69) is 28.7 Å². The van der Waals surface area contributed by atoms with Crippen LogP contribution < -0.4 is 9.64 Å². The first-order chi connectivity index (χ1) is 17.8. The summed E-state index contributed by atoms with van der Waals surface area (Å²) in [7, 11) is 0. The molecule has 4 aliphatic rings. The van der Waals surface area contributed by atoms with E-state index in [0.717, 1.165) is 51.6 Å². The number of aromatic nitrogens is 3. The summed E-state index contributed by atoms with van der Waals surface area (Å²) in [6.45, 7) is 8.09. The summed E-state index contributed by atoms with van der Waals surface area (Å²) in [4.78, 5) is 31.2. The van der Waals surface area contributed by atoms with E-state index in [9.17, 15) is 9.90 Å². The third-order valence-corrected chi connectivity index (χ3v) is 9.46. The summed E-state index contributed by atoms with van der Waals surface area (Å²) in [5, 5.41) is 9.87. The average molecular weight is 533 g/mol. The monoisotopic (exact) mass is 532 g/mol. The number of ether oxygens (including phenoxy) is 1. The highest BCUT2D eigenvalue weighted by Crippen LogP contribution is 2.46. The lowest BCUT2D eigenvalue weighted by atomic mass is 9.86. The highest BCUT2D eigenvalue weighted by molar-refractivity contribution is 6.30. The van der Waals surface area contributed by atoms with Crippen LogP contribution in [0.3, 0.4) is 0 Å². The van der Waals surface area contributed by atoms with Crippen LogP contribution in [-0.4, -0.2) is 86.4 Å². The quantitative estimate of drug-likeness (QED) is 0.546. The molecule has 4 saturated heterocycles. The van der Waals surface area contributed by atoms with Crippen molar-refractivity contribution in [2.75, 3.05) is 37.7 Å². The number of carboxylic acid groups (broad SMARTS) is 1. The largest absolute Gasteiger partial charge is 0.465 e. The standard InChI is InChI=1S/C26H34ClFN6O3/c1-3-15-7-26(8-16(4-2)11-33(26)10-15)14-37-24-30-21-19(9-29-22(27)20(21)28)23(31-24)32-12-17-5-6-18(13-32)34(17)25(35)36/h9,15-18H,3-8,10-14H2,1-2H3,(H,35,36)/t15?,16?,17-,18+,26?. The van der Waals surface area contributed by atoms with Crippen LogP contribution in [0.5, 0.6) is 6.01 Å². The Labute approximate surface area is 221 Å². The van der Waals surface area contributed by atoms with Gasteiger partial charge in [0.25, 0.3) is 0 Å². The molecule has 2 bridgehead atoms. The number of nitrogens with zero attached hydrogens (tertiary/aromatic N) is 6. The van der Waals surface area contributed by atoms with E-state index in [0.29, 0.717) is 42.7 Å². The zero-order valence-electron chi connectivity index (χ0n) is 21.4. The minimum atomic E-state index is -0.893. The molecule has 0 radical (unpaired) electrons. The van der Waals surface area contributed by atoms with Gasteiger partial charge in [0.05, 0.1) is 23.0 Å². The van der Waals surface area contributed by atoms with Crippen LogP contribution in [0.4, 0.5) is 15.0 Å². The molecular weight excluding hydrogens is 499 g/mol.